The molecule has 1 N–H and O–H groups in total. The number of aromatic nitrogens is 2. The third-order valence-corrected chi connectivity index (χ3v) is 7.84. The lowest BCUT2D eigenvalue weighted by Gasteiger charge is -2.32. The first kappa shape index (κ1) is 24.9. The van der Waals surface area contributed by atoms with Crippen LogP contribution in [-0.4, -0.2) is 40.0 Å². The molecule has 3 aromatic rings. The Kier molecular flexibility index (Phi) is 8.43. The summed E-state index contributed by atoms with van der Waals surface area (Å²) in [5.41, 5.74) is 5.88. The fraction of sp³-hybridized carbons (Fsp3) is 0.500. The predicted molar refractivity (Wildman–Crippen MR) is 145 cm³/mol. The number of hydrogen-bond acceptors (Lipinski definition) is 3. The minimum atomic E-state index is -0.0155. The Labute approximate surface area is 212 Å². The maximum atomic E-state index is 11.4. The van der Waals surface area contributed by atoms with E-state index in [0.717, 1.165) is 54.7 Å². The van der Waals surface area contributed by atoms with Gasteiger partial charge in [0.05, 0.1) is 11.0 Å². The zero-order valence-electron chi connectivity index (χ0n) is 20.7. The first-order valence-corrected chi connectivity index (χ1v) is 13.5. The highest BCUT2D eigenvalue weighted by atomic mass is 79.9. The number of nitrogens with one attached hydrogen (secondary N) is 1. The molecule has 2 heterocycles. The summed E-state index contributed by atoms with van der Waals surface area (Å²) in [7, 11) is 0. The Bertz CT molecular complexity index is 1130. The van der Waals surface area contributed by atoms with Crippen LogP contribution in [0.5, 0.6) is 0 Å². The molecular formula is C28H37BrN4O. The molecule has 0 unspecified atom stereocenters. The molecule has 0 bridgehead atoms. The van der Waals surface area contributed by atoms with E-state index < -0.39 is 0 Å². The number of nitrogens with zero attached hydrogens (tertiary/aromatic N) is 3. The van der Waals surface area contributed by atoms with Gasteiger partial charge in [-0.25, -0.2) is 4.98 Å². The number of likely N-dealkylation sites (tertiary alicyclic amines) is 1. The molecule has 4 rings (SSSR count). The third-order valence-electron chi connectivity index (χ3n) is 6.98. The SMILES string of the molecule is CCCCc1nc2cc(Br)c(C)cc2n1CCCN1CCC(c2cccc(NC(C)=O)c2)CC1. The highest BCUT2D eigenvalue weighted by Crippen LogP contribution is 2.30. The number of unbranched alkanes of at least 4 members (excludes halogenated alkanes) is 1. The largest absolute Gasteiger partial charge is 0.328 e. The molecule has 6 heteroatoms. The van der Waals surface area contributed by atoms with Crippen LogP contribution in [-0.2, 0) is 17.8 Å². The normalized spacial score (nSPS) is 15.2. The molecule has 0 atom stereocenters. The molecule has 1 fully saturated rings. The third kappa shape index (κ3) is 6.08. The van der Waals surface area contributed by atoms with Crippen LogP contribution < -0.4 is 5.32 Å². The van der Waals surface area contributed by atoms with Crippen molar-refractivity contribution in [2.45, 2.75) is 71.8 Å². The van der Waals surface area contributed by atoms with Gasteiger partial charge in [-0.2, -0.15) is 0 Å². The summed E-state index contributed by atoms with van der Waals surface area (Å²) >= 11 is 3.67. The molecule has 1 aliphatic rings. The molecule has 1 aromatic heterocycles. The zero-order valence-corrected chi connectivity index (χ0v) is 22.3. The smallest absolute Gasteiger partial charge is 0.221 e. The van der Waals surface area contributed by atoms with E-state index in [0.29, 0.717) is 5.92 Å². The van der Waals surface area contributed by atoms with Gasteiger partial charge in [-0.3, -0.25) is 4.79 Å². The van der Waals surface area contributed by atoms with Gasteiger partial charge in [-0.05, 0) is 93.6 Å². The number of benzene rings is 2. The van der Waals surface area contributed by atoms with Crippen molar-refractivity contribution in [2.75, 3.05) is 25.0 Å². The van der Waals surface area contributed by atoms with Crippen molar-refractivity contribution in [3.05, 3.63) is 57.8 Å². The van der Waals surface area contributed by atoms with Crippen molar-refractivity contribution in [3.63, 3.8) is 0 Å². The number of hydrogen-bond donors (Lipinski definition) is 1. The van der Waals surface area contributed by atoms with E-state index >= 15 is 0 Å². The fourth-order valence-electron chi connectivity index (χ4n) is 5.09. The van der Waals surface area contributed by atoms with Crippen LogP contribution >= 0.6 is 15.9 Å². The predicted octanol–water partition coefficient (Wildman–Crippen LogP) is 6.68. The van der Waals surface area contributed by atoms with Crippen molar-refractivity contribution >= 4 is 38.6 Å². The molecule has 1 saturated heterocycles. The molecule has 0 radical (unpaired) electrons. The summed E-state index contributed by atoms with van der Waals surface area (Å²) < 4.78 is 3.60. The van der Waals surface area contributed by atoms with Gasteiger partial charge in [-0.15, -0.1) is 0 Å². The van der Waals surface area contributed by atoms with Crippen LogP contribution in [0.4, 0.5) is 5.69 Å². The number of aryl methyl sites for hydroxylation is 3. The van der Waals surface area contributed by atoms with E-state index in [2.05, 4.69) is 74.9 Å². The number of anilines is 1. The van der Waals surface area contributed by atoms with Gasteiger partial charge in [0.25, 0.3) is 0 Å². The molecule has 0 saturated carbocycles. The quantitative estimate of drug-likeness (QED) is 0.339. The lowest BCUT2D eigenvalue weighted by molar-refractivity contribution is -0.114. The maximum Gasteiger partial charge on any atom is 0.221 e. The summed E-state index contributed by atoms with van der Waals surface area (Å²) in [5.74, 6) is 1.79. The number of carbonyl (C=O) groups is 1. The van der Waals surface area contributed by atoms with E-state index in [4.69, 9.17) is 4.98 Å². The first-order valence-electron chi connectivity index (χ1n) is 12.7. The van der Waals surface area contributed by atoms with Crippen LogP contribution in [0.2, 0.25) is 0 Å². The van der Waals surface area contributed by atoms with Crippen molar-refractivity contribution in [1.82, 2.24) is 14.5 Å². The molecule has 1 amide bonds. The Morgan fingerprint density at radius 1 is 1.15 bits per heavy atom. The van der Waals surface area contributed by atoms with Crippen LogP contribution in [0, 0.1) is 6.92 Å². The Morgan fingerprint density at radius 2 is 1.94 bits per heavy atom. The standard InChI is InChI=1S/C28H37BrN4O/c1-4-5-10-28-31-26-19-25(29)20(2)17-27(26)33(28)14-7-13-32-15-11-22(12-16-32)23-8-6-9-24(18-23)30-21(3)34/h6,8-9,17-19,22H,4-5,7,10-16H2,1-3H3,(H,30,34). The molecule has 0 spiro atoms. The van der Waals surface area contributed by atoms with Gasteiger partial charge in [0.2, 0.25) is 5.91 Å². The summed E-state index contributed by atoms with van der Waals surface area (Å²) in [4.78, 5) is 19.0. The second kappa shape index (κ2) is 11.5. The molecular weight excluding hydrogens is 488 g/mol. The second-order valence-corrected chi connectivity index (χ2v) is 10.5. The van der Waals surface area contributed by atoms with E-state index in [1.54, 1.807) is 6.92 Å². The summed E-state index contributed by atoms with van der Waals surface area (Å²) in [5, 5.41) is 2.91. The molecule has 2 aromatic carbocycles. The maximum absolute atomic E-state index is 11.4. The summed E-state index contributed by atoms with van der Waals surface area (Å²) in [6.45, 7) is 10.4. The van der Waals surface area contributed by atoms with Crippen LogP contribution in [0.25, 0.3) is 11.0 Å². The van der Waals surface area contributed by atoms with Crippen molar-refractivity contribution in [2.24, 2.45) is 0 Å². The van der Waals surface area contributed by atoms with Crippen LogP contribution in [0.1, 0.15) is 68.8 Å². The lowest BCUT2D eigenvalue weighted by Crippen LogP contribution is -2.34. The number of piperidine rings is 1. The Morgan fingerprint density at radius 3 is 2.68 bits per heavy atom. The fourth-order valence-corrected chi connectivity index (χ4v) is 5.42. The monoisotopic (exact) mass is 524 g/mol. The minimum absolute atomic E-state index is 0.0155. The second-order valence-electron chi connectivity index (χ2n) is 9.65. The summed E-state index contributed by atoms with van der Waals surface area (Å²) in [6.07, 6.45) is 6.90. The zero-order chi connectivity index (χ0) is 24.1. The molecule has 5 nitrogen and oxygen atoms in total. The van der Waals surface area contributed by atoms with Gasteiger partial charge in [0, 0.05) is 30.0 Å². The van der Waals surface area contributed by atoms with Crippen molar-refractivity contribution in [1.29, 1.82) is 0 Å². The Balaban J connectivity index is 1.34. The number of rotatable bonds is 9. The number of fused-ring (bicyclic) bond motifs is 1. The van der Waals surface area contributed by atoms with Crippen molar-refractivity contribution < 1.29 is 4.79 Å². The molecule has 0 aliphatic carbocycles. The van der Waals surface area contributed by atoms with Gasteiger partial charge in [-0.1, -0.05) is 41.4 Å². The van der Waals surface area contributed by atoms with E-state index in [9.17, 15) is 4.79 Å². The molecule has 182 valence electrons. The highest BCUT2D eigenvalue weighted by molar-refractivity contribution is 9.10. The van der Waals surface area contributed by atoms with Crippen molar-refractivity contribution in [3.8, 4) is 0 Å². The number of amides is 1. The highest BCUT2D eigenvalue weighted by Gasteiger charge is 2.21. The summed E-state index contributed by atoms with van der Waals surface area (Å²) in [6, 6.07) is 12.8. The topological polar surface area (TPSA) is 50.2 Å². The van der Waals surface area contributed by atoms with Gasteiger partial charge in [0.15, 0.2) is 0 Å². The first-order chi connectivity index (χ1) is 16.4. The Hall–Kier alpha value is -2.18. The average molecular weight is 526 g/mol. The lowest BCUT2D eigenvalue weighted by atomic mass is 9.89. The van der Waals surface area contributed by atoms with Gasteiger partial charge >= 0.3 is 0 Å². The minimum Gasteiger partial charge on any atom is -0.328 e. The number of carbonyl (C=O) groups excluding carboxylic acids is 1. The van der Waals surface area contributed by atoms with E-state index in [1.165, 1.54) is 48.2 Å². The molecule has 1 aliphatic heterocycles. The van der Waals surface area contributed by atoms with Gasteiger partial charge < -0.3 is 14.8 Å². The van der Waals surface area contributed by atoms with Crippen LogP contribution in [0.15, 0.2) is 40.9 Å². The van der Waals surface area contributed by atoms with Gasteiger partial charge in [0.1, 0.15) is 5.82 Å². The van der Waals surface area contributed by atoms with Crippen LogP contribution in [0.3, 0.4) is 0 Å². The number of imidazole rings is 1. The van der Waals surface area contributed by atoms with E-state index in [-0.39, 0.29) is 5.91 Å². The number of halogens is 1. The molecule has 34 heavy (non-hydrogen) atoms. The van der Waals surface area contributed by atoms with E-state index in [1.807, 2.05) is 6.07 Å². The average Bonchev–Trinajstić information content (AvgIpc) is 3.14.